The molecule has 0 aliphatic heterocycles. The highest BCUT2D eigenvalue weighted by molar-refractivity contribution is 6.29. The maximum absolute atomic E-state index is 11.1. The van der Waals surface area contributed by atoms with Gasteiger partial charge in [-0.25, -0.2) is 0 Å². The molecule has 1 aromatic heterocycles. The van der Waals surface area contributed by atoms with Gasteiger partial charge in [-0.05, 0) is 25.0 Å². The van der Waals surface area contributed by atoms with Crippen molar-refractivity contribution in [2.45, 2.75) is 31.7 Å². The number of carbonyl (C=O) groups is 1. The van der Waals surface area contributed by atoms with Crippen LogP contribution in [-0.4, -0.2) is 27.3 Å². The molecule has 0 aromatic carbocycles. The Bertz CT molecular complexity index is 396. The Labute approximate surface area is 104 Å². The summed E-state index contributed by atoms with van der Waals surface area (Å²) in [7, 11) is 0. The Balaban J connectivity index is 2.05. The molecular formula is C11H14ClN3O2. The standard InChI is InChI=1S/C11H14ClN3O2/c12-9-5-6-10(15-14-9)13-8-4-2-1-3-7(8)11(16)17/h5-8H,1-4H2,(H,13,15)(H,16,17). The molecule has 1 aromatic rings. The predicted molar refractivity (Wildman–Crippen MR) is 64.0 cm³/mol. The second-order valence-corrected chi connectivity index (χ2v) is 4.61. The molecule has 92 valence electrons. The molecule has 2 unspecified atom stereocenters. The highest BCUT2D eigenvalue weighted by Crippen LogP contribution is 2.27. The molecule has 2 rings (SSSR count). The van der Waals surface area contributed by atoms with Crippen molar-refractivity contribution in [3.05, 3.63) is 17.3 Å². The van der Waals surface area contributed by atoms with E-state index < -0.39 is 5.97 Å². The normalized spacial score (nSPS) is 24.3. The van der Waals surface area contributed by atoms with E-state index >= 15 is 0 Å². The zero-order valence-electron chi connectivity index (χ0n) is 9.27. The number of carboxylic acid groups (broad SMARTS) is 1. The monoisotopic (exact) mass is 255 g/mol. The van der Waals surface area contributed by atoms with Gasteiger partial charge in [0.1, 0.15) is 5.82 Å². The maximum Gasteiger partial charge on any atom is 0.308 e. The summed E-state index contributed by atoms with van der Waals surface area (Å²) >= 11 is 5.64. The lowest BCUT2D eigenvalue weighted by molar-refractivity contribution is -0.143. The van der Waals surface area contributed by atoms with E-state index in [1.807, 2.05) is 0 Å². The van der Waals surface area contributed by atoms with Crippen LogP contribution in [0.2, 0.25) is 5.15 Å². The summed E-state index contributed by atoms with van der Waals surface area (Å²) in [6.07, 6.45) is 3.58. The molecular weight excluding hydrogens is 242 g/mol. The molecule has 0 bridgehead atoms. The third-order valence-corrected chi connectivity index (χ3v) is 3.25. The zero-order valence-corrected chi connectivity index (χ0v) is 10.0. The van der Waals surface area contributed by atoms with Gasteiger partial charge in [0.2, 0.25) is 0 Å². The Morgan fingerprint density at radius 1 is 1.35 bits per heavy atom. The van der Waals surface area contributed by atoms with Gasteiger partial charge in [-0.15, -0.1) is 10.2 Å². The van der Waals surface area contributed by atoms with Gasteiger partial charge >= 0.3 is 5.97 Å². The van der Waals surface area contributed by atoms with Gasteiger partial charge in [-0.1, -0.05) is 24.4 Å². The summed E-state index contributed by atoms with van der Waals surface area (Å²) in [4.78, 5) is 11.1. The van der Waals surface area contributed by atoms with Crippen molar-refractivity contribution in [1.82, 2.24) is 10.2 Å². The molecule has 2 N–H and O–H groups in total. The Morgan fingerprint density at radius 3 is 2.76 bits per heavy atom. The molecule has 5 nitrogen and oxygen atoms in total. The molecule has 1 fully saturated rings. The number of carboxylic acids is 1. The number of nitrogens with zero attached hydrogens (tertiary/aromatic N) is 2. The van der Waals surface area contributed by atoms with Crippen molar-refractivity contribution in [3.63, 3.8) is 0 Å². The fraction of sp³-hybridized carbons (Fsp3) is 0.545. The smallest absolute Gasteiger partial charge is 0.308 e. The summed E-state index contributed by atoms with van der Waals surface area (Å²) in [6.45, 7) is 0. The molecule has 6 heteroatoms. The first-order valence-electron chi connectivity index (χ1n) is 5.65. The molecule has 1 heterocycles. The SMILES string of the molecule is O=C(O)C1CCCCC1Nc1ccc(Cl)nn1. The highest BCUT2D eigenvalue weighted by Gasteiger charge is 2.30. The van der Waals surface area contributed by atoms with Crippen molar-refractivity contribution in [1.29, 1.82) is 0 Å². The molecule has 1 aliphatic carbocycles. The number of hydrogen-bond donors (Lipinski definition) is 2. The third-order valence-electron chi connectivity index (χ3n) is 3.05. The first-order valence-corrected chi connectivity index (χ1v) is 6.03. The molecule has 0 amide bonds. The fourth-order valence-corrected chi connectivity index (χ4v) is 2.28. The first kappa shape index (κ1) is 12.1. The number of halogens is 1. The number of nitrogens with one attached hydrogen (secondary N) is 1. The van der Waals surface area contributed by atoms with E-state index in [4.69, 9.17) is 16.7 Å². The molecule has 1 aliphatic rings. The van der Waals surface area contributed by atoms with Gasteiger partial charge in [0.15, 0.2) is 5.15 Å². The van der Waals surface area contributed by atoms with Crippen molar-refractivity contribution < 1.29 is 9.90 Å². The van der Waals surface area contributed by atoms with Crippen LogP contribution in [-0.2, 0) is 4.79 Å². The molecule has 2 atom stereocenters. The average Bonchev–Trinajstić information content (AvgIpc) is 2.32. The van der Waals surface area contributed by atoms with Crippen LogP contribution in [0.1, 0.15) is 25.7 Å². The minimum Gasteiger partial charge on any atom is -0.481 e. The predicted octanol–water partition coefficient (Wildman–Crippen LogP) is 2.19. The topological polar surface area (TPSA) is 75.1 Å². The maximum atomic E-state index is 11.1. The van der Waals surface area contributed by atoms with Crippen LogP contribution in [0.25, 0.3) is 0 Å². The molecule has 0 spiro atoms. The van der Waals surface area contributed by atoms with Crippen molar-refractivity contribution >= 4 is 23.4 Å². The molecule has 1 saturated carbocycles. The first-order chi connectivity index (χ1) is 8.16. The van der Waals surface area contributed by atoms with Gasteiger partial charge < -0.3 is 10.4 Å². The van der Waals surface area contributed by atoms with Crippen molar-refractivity contribution in [2.75, 3.05) is 5.32 Å². The van der Waals surface area contributed by atoms with Crippen LogP contribution in [0.3, 0.4) is 0 Å². The quantitative estimate of drug-likeness (QED) is 0.866. The van der Waals surface area contributed by atoms with Crippen LogP contribution in [0.5, 0.6) is 0 Å². The van der Waals surface area contributed by atoms with Gasteiger partial charge in [-0.2, -0.15) is 0 Å². The van der Waals surface area contributed by atoms with Crippen LogP contribution >= 0.6 is 11.6 Å². The average molecular weight is 256 g/mol. The summed E-state index contributed by atoms with van der Waals surface area (Å²) in [5, 5.41) is 20.2. The van der Waals surface area contributed by atoms with Crippen LogP contribution in [0.4, 0.5) is 5.82 Å². The summed E-state index contributed by atoms with van der Waals surface area (Å²) in [6, 6.07) is 3.27. The zero-order chi connectivity index (χ0) is 12.3. The largest absolute Gasteiger partial charge is 0.481 e. The van der Waals surface area contributed by atoms with Crippen LogP contribution in [0, 0.1) is 5.92 Å². The Morgan fingerprint density at radius 2 is 2.12 bits per heavy atom. The van der Waals surface area contributed by atoms with Crippen molar-refractivity contribution in [3.8, 4) is 0 Å². The van der Waals surface area contributed by atoms with Crippen LogP contribution in [0.15, 0.2) is 12.1 Å². The van der Waals surface area contributed by atoms with Gasteiger partial charge in [0.05, 0.1) is 5.92 Å². The summed E-state index contributed by atoms with van der Waals surface area (Å²) in [5.41, 5.74) is 0. The number of anilines is 1. The van der Waals surface area contributed by atoms with Gasteiger partial charge in [-0.3, -0.25) is 4.79 Å². The third kappa shape index (κ3) is 3.06. The lowest BCUT2D eigenvalue weighted by Crippen LogP contribution is -2.37. The minimum absolute atomic E-state index is 0.0725. The van der Waals surface area contributed by atoms with Crippen molar-refractivity contribution in [2.24, 2.45) is 5.92 Å². The lowest BCUT2D eigenvalue weighted by Gasteiger charge is -2.29. The lowest BCUT2D eigenvalue weighted by atomic mass is 9.84. The van der Waals surface area contributed by atoms with E-state index in [9.17, 15) is 4.79 Å². The van der Waals surface area contributed by atoms with E-state index in [-0.39, 0.29) is 12.0 Å². The van der Waals surface area contributed by atoms with Crippen LogP contribution < -0.4 is 5.32 Å². The molecule has 0 saturated heterocycles. The van der Waals surface area contributed by atoms with Gasteiger partial charge in [0.25, 0.3) is 0 Å². The number of aromatic nitrogens is 2. The van der Waals surface area contributed by atoms with E-state index in [2.05, 4.69) is 15.5 Å². The highest BCUT2D eigenvalue weighted by atomic mass is 35.5. The van der Waals surface area contributed by atoms with Gasteiger partial charge in [0, 0.05) is 6.04 Å². The van der Waals surface area contributed by atoms with E-state index in [1.165, 1.54) is 0 Å². The van der Waals surface area contributed by atoms with E-state index in [0.29, 0.717) is 17.4 Å². The summed E-state index contributed by atoms with van der Waals surface area (Å²) in [5.74, 6) is -0.516. The van der Waals surface area contributed by atoms with E-state index in [1.54, 1.807) is 12.1 Å². The minimum atomic E-state index is -0.746. The second kappa shape index (κ2) is 5.31. The number of rotatable bonds is 3. The molecule has 0 radical (unpaired) electrons. The Hall–Kier alpha value is -1.36. The second-order valence-electron chi connectivity index (χ2n) is 4.22. The number of aliphatic carboxylic acids is 1. The number of hydrogen-bond acceptors (Lipinski definition) is 4. The van der Waals surface area contributed by atoms with E-state index in [0.717, 1.165) is 19.3 Å². The molecule has 17 heavy (non-hydrogen) atoms. The fourth-order valence-electron chi connectivity index (χ4n) is 2.18. The Kier molecular flexibility index (Phi) is 3.78. The summed E-state index contributed by atoms with van der Waals surface area (Å²) < 4.78 is 0.